The molecule has 1 aromatic heterocycles. The van der Waals surface area contributed by atoms with Gasteiger partial charge in [0.2, 0.25) is 0 Å². The van der Waals surface area contributed by atoms with Crippen LogP contribution in [-0.2, 0) is 17.8 Å². The minimum atomic E-state index is -0.297. The van der Waals surface area contributed by atoms with Crippen LogP contribution in [0, 0.1) is 0 Å². The van der Waals surface area contributed by atoms with E-state index in [1.54, 1.807) is 4.90 Å². The molecule has 4 rings (SSSR count). The van der Waals surface area contributed by atoms with E-state index in [1.807, 2.05) is 7.05 Å². The summed E-state index contributed by atoms with van der Waals surface area (Å²) in [6, 6.07) is 8.74. The number of amides is 1. The zero-order chi connectivity index (χ0) is 16.0. The zero-order valence-corrected chi connectivity index (χ0v) is 13.8. The van der Waals surface area contributed by atoms with Crippen LogP contribution in [-0.4, -0.2) is 52.7 Å². The van der Waals surface area contributed by atoms with Crippen LogP contribution in [0.4, 0.5) is 4.79 Å². The number of aryl methyl sites for hydroxylation is 1. The Hall–Kier alpha value is -2.01. The fourth-order valence-corrected chi connectivity index (χ4v) is 4.01. The Morgan fingerprint density at radius 1 is 1.26 bits per heavy atom. The van der Waals surface area contributed by atoms with Crippen molar-refractivity contribution in [1.29, 1.82) is 0 Å². The number of likely N-dealkylation sites (N-methyl/N-ethyl adjacent to an activating group) is 1. The standard InChI is InChI=1S/C18H23N3O2/c1-3-21-9-7-15-14(5-4-6-16(15)21)11-20-10-8-18(13-20)12-19(2)17(22)23-18/h4-7,9H,3,8,10-13H2,1-2H3. The highest BCUT2D eigenvalue weighted by Gasteiger charge is 2.48. The highest BCUT2D eigenvalue weighted by atomic mass is 16.6. The molecule has 23 heavy (non-hydrogen) atoms. The Labute approximate surface area is 136 Å². The SMILES string of the molecule is CCn1ccc2c(CN3CCC4(C3)CN(C)C(=O)O4)cccc21. The second kappa shape index (κ2) is 5.27. The van der Waals surface area contributed by atoms with Gasteiger partial charge in [-0.2, -0.15) is 0 Å². The van der Waals surface area contributed by atoms with E-state index >= 15 is 0 Å². The van der Waals surface area contributed by atoms with Crippen molar-refractivity contribution >= 4 is 17.0 Å². The topological polar surface area (TPSA) is 37.7 Å². The van der Waals surface area contributed by atoms with Gasteiger partial charge in [0.15, 0.2) is 0 Å². The van der Waals surface area contributed by atoms with Gasteiger partial charge in [-0.15, -0.1) is 0 Å². The molecule has 1 spiro atoms. The lowest BCUT2D eigenvalue weighted by molar-refractivity contribution is 0.0628. The second-order valence-corrected chi connectivity index (χ2v) is 6.82. The van der Waals surface area contributed by atoms with Crippen molar-refractivity contribution in [2.75, 3.05) is 26.7 Å². The molecule has 1 unspecified atom stereocenters. The highest BCUT2D eigenvalue weighted by Crippen LogP contribution is 2.33. The molecule has 5 nitrogen and oxygen atoms in total. The predicted octanol–water partition coefficient (Wildman–Crippen LogP) is 2.69. The molecule has 122 valence electrons. The molecule has 5 heteroatoms. The van der Waals surface area contributed by atoms with Gasteiger partial charge in [0, 0.05) is 56.7 Å². The average molecular weight is 313 g/mol. The summed E-state index contributed by atoms with van der Waals surface area (Å²) in [6.45, 7) is 6.58. The third-order valence-electron chi connectivity index (χ3n) is 5.17. The Morgan fingerprint density at radius 3 is 2.87 bits per heavy atom. The van der Waals surface area contributed by atoms with Crippen molar-refractivity contribution in [3.63, 3.8) is 0 Å². The lowest BCUT2D eigenvalue weighted by Crippen LogP contribution is -2.37. The smallest absolute Gasteiger partial charge is 0.410 e. The number of carbonyl (C=O) groups is 1. The molecule has 1 atom stereocenters. The molecule has 2 aromatic rings. The normalized spacial score (nSPS) is 25.0. The van der Waals surface area contributed by atoms with E-state index in [2.05, 4.69) is 46.9 Å². The number of hydrogen-bond acceptors (Lipinski definition) is 3. The first-order chi connectivity index (χ1) is 11.1. The Morgan fingerprint density at radius 2 is 2.13 bits per heavy atom. The lowest BCUT2D eigenvalue weighted by Gasteiger charge is -2.22. The number of rotatable bonds is 3. The van der Waals surface area contributed by atoms with Crippen LogP contribution >= 0.6 is 0 Å². The van der Waals surface area contributed by atoms with Crippen molar-refractivity contribution in [2.24, 2.45) is 0 Å². The maximum Gasteiger partial charge on any atom is 0.410 e. The number of carbonyl (C=O) groups excluding carboxylic acids is 1. The van der Waals surface area contributed by atoms with Crippen molar-refractivity contribution in [1.82, 2.24) is 14.4 Å². The molecule has 0 aliphatic carbocycles. The molecule has 1 aromatic carbocycles. The van der Waals surface area contributed by atoms with Crippen molar-refractivity contribution in [3.8, 4) is 0 Å². The van der Waals surface area contributed by atoms with E-state index in [9.17, 15) is 4.79 Å². The van der Waals surface area contributed by atoms with Crippen molar-refractivity contribution < 1.29 is 9.53 Å². The summed E-state index contributed by atoms with van der Waals surface area (Å²) in [5, 5.41) is 1.33. The molecule has 2 aliphatic heterocycles. The molecule has 0 bridgehead atoms. The molecule has 0 radical (unpaired) electrons. The molecule has 1 amide bonds. The Balaban J connectivity index is 1.54. The maximum atomic E-state index is 11.7. The molecule has 0 N–H and O–H groups in total. The fourth-order valence-electron chi connectivity index (χ4n) is 4.01. The van der Waals surface area contributed by atoms with Gasteiger partial charge in [0.05, 0.1) is 6.54 Å². The summed E-state index contributed by atoms with van der Waals surface area (Å²) in [5.74, 6) is 0. The molecule has 0 saturated carbocycles. The van der Waals surface area contributed by atoms with E-state index in [-0.39, 0.29) is 11.7 Å². The van der Waals surface area contributed by atoms with E-state index in [1.165, 1.54) is 16.5 Å². The summed E-state index contributed by atoms with van der Waals surface area (Å²) >= 11 is 0. The summed E-state index contributed by atoms with van der Waals surface area (Å²) in [4.78, 5) is 15.8. The zero-order valence-electron chi connectivity index (χ0n) is 13.8. The Bertz CT molecular complexity index is 754. The quantitative estimate of drug-likeness (QED) is 0.874. The maximum absolute atomic E-state index is 11.7. The Kier molecular flexibility index (Phi) is 3.34. The molecule has 2 fully saturated rings. The van der Waals surface area contributed by atoms with Crippen LogP contribution in [0.15, 0.2) is 30.5 Å². The second-order valence-electron chi connectivity index (χ2n) is 6.82. The molecular formula is C18H23N3O2. The predicted molar refractivity (Wildman–Crippen MR) is 89.3 cm³/mol. The van der Waals surface area contributed by atoms with Crippen molar-refractivity contribution in [3.05, 3.63) is 36.0 Å². The monoisotopic (exact) mass is 313 g/mol. The molecule has 2 saturated heterocycles. The van der Waals surface area contributed by atoms with E-state index in [4.69, 9.17) is 4.74 Å². The third kappa shape index (κ3) is 2.39. The van der Waals surface area contributed by atoms with E-state index in [0.717, 1.165) is 32.6 Å². The van der Waals surface area contributed by atoms with E-state index in [0.29, 0.717) is 6.54 Å². The fraction of sp³-hybridized carbons (Fsp3) is 0.500. The number of hydrogen-bond donors (Lipinski definition) is 0. The summed E-state index contributed by atoms with van der Waals surface area (Å²) in [7, 11) is 1.81. The van der Waals surface area contributed by atoms with Crippen LogP contribution in [0.25, 0.3) is 10.9 Å². The van der Waals surface area contributed by atoms with Gasteiger partial charge in [-0.05, 0) is 24.6 Å². The average Bonchev–Trinajstić information content (AvgIpc) is 3.19. The lowest BCUT2D eigenvalue weighted by atomic mass is 10.0. The first-order valence-electron chi connectivity index (χ1n) is 8.33. The van der Waals surface area contributed by atoms with Crippen molar-refractivity contribution in [2.45, 2.75) is 32.0 Å². The summed E-state index contributed by atoms with van der Waals surface area (Å²) in [6.07, 6.45) is 2.90. The number of benzene rings is 1. The van der Waals surface area contributed by atoms with Gasteiger partial charge in [0.1, 0.15) is 5.60 Å². The van der Waals surface area contributed by atoms with Crippen LogP contribution in [0.1, 0.15) is 18.9 Å². The van der Waals surface area contributed by atoms with Crippen LogP contribution in [0.2, 0.25) is 0 Å². The van der Waals surface area contributed by atoms with E-state index < -0.39 is 0 Å². The van der Waals surface area contributed by atoms with Gasteiger partial charge in [0.25, 0.3) is 0 Å². The first kappa shape index (κ1) is 14.6. The first-order valence-corrected chi connectivity index (χ1v) is 8.33. The third-order valence-corrected chi connectivity index (χ3v) is 5.17. The van der Waals surface area contributed by atoms with Crippen LogP contribution < -0.4 is 0 Å². The van der Waals surface area contributed by atoms with Gasteiger partial charge >= 0.3 is 6.09 Å². The summed E-state index contributed by atoms with van der Waals surface area (Å²) in [5.41, 5.74) is 2.35. The summed E-state index contributed by atoms with van der Waals surface area (Å²) < 4.78 is 7.92. The molecule has 2 aliphatic rings. The minimum Gasteiger partial charge on any atom is -0.439 e. The molecule has 3 heterocycles. The van der Waals surface area contributed by atoms with Gasteiger partial charge in [-0.3, -0.25) is 4.90 Å². The number of ether oxygens (including phenoxy) is 1. The minimum absolute atomic E-state index is 0.186. The van der Waals surface area contributed by atoms with Crippen LogP contribution in [0.5, 0.6) is 0 Å². The van der Waals surface area contributed by atoms with Gasteiger partial charge in [-0.25, -0.2) is 4.79 Å². The van der Waals surface area contributed by atoms with Gasteiger partial charge < -0.3 is 14.2 Å². The number of aromatic nitrogens is 1. The van der Waals surface area contributed by atoms with Crippen LogP contribution in [0.3, 0.4) is 0 Å². The number of fused-ring (bicyclic) bond motifs is 1. The molecular weight excluding hydrogens is 290 g/mol. The number of nitrogens with zero attached hydrogens (tertiary/aromatic N) is 3. The van der Waals surface area contributed by atoms with Gasteiger partial charge in [-0.1, -0.05) is 12.1 Å². The number of likely N-dealkylation sites (tertiary alicyclic amines) is 1. The largest absolute Gasteiger partial charge is 0.439 e. The highest BCUT2D eigenvalue weighted by molar-refractivity contribution is 5.83.